The number of carbonyl (C=O) groups excluding carboxylic acids is 1. The summed E-state index contributed by atoms with van der Waals surface area (Å²) in [6, 6.07) is 1.83. The van der Waals surface area contributed by atoms with E-state index in [9.17, 15) is 4.79 Å². The molecule has 1 heterocycles. The van der Waals surface area contributed by atoms with Crippen molar-refractivity contribution in [2.24, 2.45) is 0 Å². The van der Waals surface area contributed by atoms with Gasteiger partial charge in [-0.3, -0.25) is 4.79 Å². The van der Waals surface area contributed by atoms with Gasteiger partial charge in [-0.25, -0.2) is 0 Å². The van der Waals surface area contributed by atoms with Crippen LogP contribution in [0.1, 0.15) is 30.6 Å². The molecule has 0 atom stereocenters. The molecule has 0 aliphatic carbocycles. The van der Waals surface area contributed by atoms with Crippen LogP contribution in [0.15, 0.2) is 13.6 Å². The average molecular weight is 434 g/mol. The maximum absolute atomic E-state index is 12.0. The van der Waals surface area contributed by atoms with Gasteiger partial charge in [0.15, 0.2) is 0 Å². The van der Waals surface area contributed by atoms with Crippen LogP contribution in [-0.2, 0) is 0 Å². The Morgan fingerprint density at radius 2 is 2.12 bits per heavy atom. The molecule has 0 radical (unpaired) electrons. The highest BCUT2D eigenvalue weighted by atomic mass is 79.9. The van der Waals surface area contributed by atoms with Crippen molar-refractivity contribution >= 4 is 65.0 Å². The third kappa shape index (κ3) is 4.13. The molecule has 0 spiro atoms. The van der Waals surface area contributed by atoms with Crippen LogP contribution in [0.4, 0.5) is 0 Å². The molecule has 0 aliphatic rings. The fraction of sp³-hybridized carbons (Fsp3) is 0.500. The zero-order chi connectivity index (χ0) is 12.3. The van der Waals surface area contributed by atoms with Gasteiger partial charge in [0.2, 0.25) is 0 Å². The zero-order valence-electron chi connectivity index (χ0n) is 8.94. The Kier molecular flexibility index (Phi) is 5.48. The molecule has 1 N–H and O–H groups in total. The van der Waals surface area contributed by atoms with E-state index in [0.29, 0.717) is 5.56 Å². The van der Waals surface area contributed by atoms with Crippen molar-refractivity contribution < 1.29 is 4.79 Å². The summed E-state index contributed by atoms with van der Waals surface area (Å²) in [5.41, 5.74) is 0.480. The monoisotopic (exact) mass is 431 g/mol. The average Bonchev–Trinajstić information content (AvgIpc) is 2.44. The largest absolute Gasteiger partial charge is 0.347 e. The third-order valence-corrected chi connectivity index (χ3v) is 4.81. The Morgan fingerprint density at radius 3 is 2.56 bits per heavy atom. The van der Waals surface area contributed by atoms with Crippen LogP contribution in [0.3, 0.4) is 0 Å². The summed E-state index contributed by atoms with van der Waals surface area (Å²) in [6.07, 6.45) is 0.891. The summed E-state index contributed by atoms with van der Waals surface area (Å²) < 4.78 is 1.80. The van der Waals surface area contributed by atoms with Crippen molar-refractivity contribution in [2.75, 3.05) is 5.33 Å². The Morgan fingerprint density at radius 1 is 1.50 bits per heavy atom. The third-order valence-electron chi connectivity index (χ3n) is 2.07. The van der Waals surface area contributed by atoms with E-state index in [1.165, 1.54) is 11.3 Å². The molecule has 1 amide bonds. The number of halogens is 3. The molecule has 0 saturated carbocycles. The van der Waals surface area contributed by atoms with E-state index in [0.717, 1.165) is 19.3 Å². The maximum Gasteiger partial charge on any atom is 0.253 e. The van der Waals surface area contributed by atoms with E-state index in [4.69, 9.17) is 0 Å². The number of nitrogens with one attached hydrogen (secondary N) is 1. The van der Waals surface area contributed by atoms with Gasteiger partial charge in [0.25, 0.3) is 5.91 Å². The summed E-state index contributed by atoms with van der Waals surface area (Å²) >= 11 is 11.6. The fourth-order valence-corrected chi connectivity index (χ4v) is 4.95. The first-order chi connectivity index (χ1) is 7.35. The lowest BCUT2D eigenvalue weighted by Gasteiger charge is -2.25. The van der Waals surface area contributed by atoms with Crippen LogP contribution in [0, 0.1) is 0 Å². The van der Waals surface area contributed by atoms with Crippen LogP contribution >= 0.6 is 59.1 Å². The predicted molar refractivity (Wildman–Crippen MR) is 79.7 cm³/mol. The number of thiophene rings is 1. The van der Waals surface area contributed by atoms with Crippen LogP contribution in [0.25, 0.3) is 0 Å². The molecule has 0 aromatic carbocycles. The Hall–Kier alpha value is 0.610. The first kappa shape index (κ1) is 14.7. The molecule has 1 aromatic rings. The van der Waals surface area contributed by atoms with Gasteiger partial charge < -0.3 is 5.32 Å². The molecular formula is C10H12Br3NOS. The van der Waals surface area contributed by atoms with Gasteiger partial charge in [-0.05, 0) is 58.2 Å². The van der Waals surface area contributed by atoms with Gasteiger partial charge in [-0.15, -0.1) is 11.3 Å². The first-order valence-electron chi connectivity index (χ1n) is 4.69. The molecular weight excluding hydrogens is 422 g/mol. The lowest BCUT2D eigenvalue weighted by atomic mass is 10.0. The van der Waals surface area contributed by atoms with Crippen LogP contribution in [-0.4, -0.2) is 16.8 Å². The van der Waals surface area contributed by atoms with Gasteiger partial charge in [-0.2, -0.15) is 0 Å². The molecule has 0 aliphatic heterocycles. The number of hydrogen-bond acceptors (Lipinski definition) is 2. The van der Waals surface area contributed by atoms with Crippen molar-refractivity contribution in [3.05, 3.63) is 19.2 Å². The highest BCUT2D eigenvalue weighted by molar-refractivity contribution is 9.12. The van der Waals surface area contributed by atoms with Crippen LogP contribution < -0.4 is 5.32 Å². The van der Waals surface area contributed by atoms with E-state index < -0.39 is 0 Å². The van der Waals surface area contributed by atoms with Gasteiger partial charge in [0.1, 0.15) is 0 Å². The van der Waals surface area contributed by atoms with Gasteiger partial charge in [0, 0.05) is 10.9 Å². The summed E-state index contributed by atoms with van der Waals surface area (Å²) in [4.78, 5) is 12.0. The van der Waals surface area contributed by atoms with Gasteiger partial charge in [-0.1, -0.05) is 15.9 Å². The van der Waals surface area contributed by atoms with Crippen molar-refractivity contribution in [1.82, 2.24) is 5.32 Å². The normalized spacial score (nSPS) is 11.6. The molecule has 90 valence electrons. The fourth-order valence-electron chi connectivity index (χ4n) is 1.17. The summed E-state index contributed by atoms with van der Waals surface area (Å²) in [5, 5.41) is 3.88. The van der Waals surface area contributed by atoms with E-state index in [2.05, 4.69) is 53.1 Å². The summed E-state index contributed by atoms with van der Waals surface area (Å²) in [7, 11) is 0. The molecule has 1 aromatic heterocycles. The number of alkyl halides is 1. The van der Waals surface area contributed by atoms with E-state index in [1.54, 1.807) is 0 Å². The Bertz CT molecular complexity index is 389. The Balaban J connectivity index is 2.76. The van der Waals surface area contributed by atoms with Crippen LogP contribution in [0.2, 0.25) is 0 Å². The van der Waals surface area contributed by atoms with Crippen molar-refractivity contribution in [3.8, 4) is 0 Å². The lowest BCUT2D eigenvalue weighted by Crippen LogP contribution is -2.43. The Labute approximate surface area is 125 Å². The number of amides is 1. The highest BCUT2D eigenvalue weighted by Crippen LogP contribution is 2.32. The van der Waals surface area contributed by atoms with Gasteiger partial charge >= 0.3 is 0 Å². The van der Waals surface area contributed by atoms with Crippen molar-refractivity contribution in [2.45, 2.75) is 25.8 Å². The number of carbonyl (C=O) groups is 1. The topological polar surface area (TPSA) is 29.1 Å². The number of rotatable bonds is 4. The SMILES string of the molecule is CC(C)(CCBr)NC(=O)c1cc(Br)sc1Br. The summed E-state index contributed by atoms with van der Waals surface area (Å²) in [6.45, 7) is 4.03. The minimum atomic E-state index is -0.200. The minimum absolute atomic E-state index is 0.0419. The zero-order valence-corrected chi connectivity index (χ0v) is 14.5. The standard InChI is InChI=1S/C10H12Br3NOS/c1-10(2,3-4-11)14-9(15)6-5-7(12)16-8(6)13/h5H,3-4H2,1-2H3,(H,14,15). The van der Waals surface area contributed by atoms with Crippen LogP contribution in [0.5, 0.6) is 0 Å². The second kappa shape index (κ2) is 5.98. The first-order valence-corrected chi connectivity index (χ1v) is 8.21. The van der Waals surface area contributed by atoms with Crippen molar-refractivity contribution in [3.63, 3.8) is 0 Å². The summed E-state index contributed by atoms with van der Waals surface area (Å²) in [5.74, 6) is -0.0419. The van der Waals surface area contributed by atoms with Gasteiger partial charge in [0.05, 0.1) is 13.1 Å². The van der Waals surface area contributed by atoms with E-state index >= 15 is 0 Å². The van der Waals surface area contributed by atoms with Crippen molar-refractivity contribution in [1.29, 1.82) is 0 Å². The quantitative estimate of drug-likeness (QED) is 0.692. The molecule has 0 fully saturated rings. The second-order valence-corrected chi connectivity index (χ2v) is 8.56. The molecule has 6 heteroatoms. The molecule has 0 bridgehead atoms. The van der Waals surface area contributed by atoms with E-state index in [1.807, 2.05) is 19.9 Å². The highest BCUT2D eigenvalue weighted by Gasteiger charge is 2.22. The molecule has 0 unspecified atom stereocenters. The molecule has 1 rings (SSSR count). The van der Waals surface area contributed by atoms with E-state index in [-0.39, 0.29) is 11.4 Å². The molecule has 2 nitrogen and oxygen atoms in total. The predicted octanol–water partition coefficient (Wildman–Crippen LogP) is 4.57. The smallest absolute Gasteiger partial charge is 0.253 e. The molecule has 16 heavy (non-hydrogen) atoms. The molecule has 0 saturated heterocycles. The lowest BCUT2D eigenvalue weighted by molar-refractivity contribution is 0.0911. The second-order valence-electron chi connectivity index (χ2n) is 4.01. The minimum Gasteiger partial charge on any atom is -0.347 e. The maximum atomic E-state index is 12.0. The number of hydrogen-bond donors (Lipinski definition) is 1.